The fourth-order valence-electron chi connectivity index (χ4n) is 1.47. The molecule has 0 unspecified atom stereocenters. The molecule has 0 spiro atoms. The van der Waals surface area contributed by atoms with Gasteiger partial charge in [-0.2, -0.15) is 5.10 Å². The predicted octanol–water partition coefficient (Wildman–Crippen LogP) is 0.915. The second-order valence-electron chi connectivity index (χ2n) is 3.67. The Labute approximate surface area is 114 Å². The van der Waals surface area contributed by atoms with Gasteiger partial charge in [0.25, 0.3) is 5.91 Å². The van der Waals surface area contributed by atoms with E-state index in [0.717, 1.165) is 6.54 Å². The van der Waals surface area contributed by atoms with Crippen LogP contribution in [0.3, 0.4) is 0 Å². The van der Waals surface area contributed by atoms with E-state index in [-0.39, 0.29) is 0 Å². The number of anilines is 1. The number of carbonyl (C=O) groups is 1. The van der Waals surface area contributed by atoms with Crippen molar-refractivity contribution in [3.8, 4) is 5.82 Å². The molecule has 0 aliphatic carbocycles. The number of aromatic nitrogens is 4. The summed E-state index contributed by atoms with van der Waals surface area (Å²) in [6.07, 6.45) is 4.85. The lowest BCUT2D eigenvalue weighted by atomic mass is 10.3. The van der Waals surface area contributed by atoms with Gasteiger partial charge in [-0.25, -0.2) is 14.6 Å². The number of nitrogens with zero attached hydrogens (tertiary/aromatic N) is 4. The summed E-state index contributed by atoms with van der Waals surface area (Å²) in [5.74, 6) is 0.785. The quantitative estimate of drug-likeness (QED) is 0.623. The molecule has 2 aromatic heterocycles. The van der Waals surface area contributed by atoms with E-state index < -0.39 is 5.91 Å². The lowest BCUT2D eigenvalue weighted by molar-refractivity contribution is 0.100. The first-order valence-corrected chi connectivity index (χ1v) is 6.88. The SMILES string of the molecule is CCNc1cc(-n2cc(C(N)=O)cn2)nc(SC)n1. The number of primary amides is 1. The van der Waals surface area contributed by atoms with Gasteiger partial charge in [-0.3, -0.25) is 4.79 Å². The number of amides is 1. The minimum atomic E-state index is -0.516. The van der Waals surface area contributed by atoms with Crippen molar-refractivity contribution < 1.29 is 4.79 Å². The highest BCUT2D eigenvalue weighted by atomic mass is 32.2. The first-order valence-electron chi connectivity index (χ1n) is 5.65. The van der Waals surface area contributed by atoms with Gasteiger partial charge in [-0.1, -0.05) is 11.8 Å². The van der Waals surface area contributed by atoms with Crippen LogP contribution in [0.5, 0.6) is 0 Å². The van der Waals surface area contributed by atoms with E-state index in [2.05, 4.69) is 20.4 Å². The molecule has 3 N–H and O–H groups in total. The van der Waals surface area contributed by atoms with E-state index in [0.29, 0.717) is 22.4 Å². The zero-order valence-electron chi connectivity index (χ0n) is 10.6. The van der Waals surface area contributed by atoms with Crippen LogP contribution in [0.4, 0.5) is 5.82 Å². The number of nitrogens with two attached hydrogens (primary N) is 1. The molecule has 0 atom stereocenters. The molecule has 0 bridgehead atoms. The van der Waals surface area contributed by atoms with E-state index in [9.17, 15) is 4.79 Å². The van der Waals surface area contributed by atoms with Crippen molar-refractivity contribution in [1.82, 2.24) is 19.7 Å². The predicted molar refractivity (Wildman–Crippen MR) is 73.6 cm³/mol. The summed E-state index contributed by atoms with van der Waals surface area (Å²) in [6, 6.07) is 1.76. The normalized spacial score (nSPS) is 10.4. The maximum absolute atomic E-state index is 11.1. The van der Waals surface area contributed by atoms with Gasteiger partial charge < -0.3 is 11.1 Å². The second kappa shape index (κ2) is 5.70. The van der Waals surface area contributed by atoms with Gasteiger partial charge in [0.15, 0.2) is 11.0 Å². The molecule has 7 nitrogen and oxygen atoms in total. The van der Waals surface area contributed by atoms with Crippen molar-refractivity contribution in [3.63, 3.8) is 0 Å². The molecule has 0 aliphatic rings. The maximum atomic E-state index is 11.1. The van der Waals surface area contributed by atoms with Crippen molar-refractivity contribution in [3.05, 3.63) is 24.0 Å². The van der Waals surface area contributed by atoms with Gasteiger partial charge in [0, 0.05) is 18.8 Å². The topological polar surface area (TPSA) is 98.7 Å². The zero-order valence-corrected chi connectivity index (χ0v) is 11.4. The smallest absolute Gasteiger partial charge is 0.251 e. The number of nitrogens with one attached hydrogen (secondary N) is 1. The third-order valence-corrected chi connectivity index (χ3v) is 2.88. The highest BCUT2D eigenvalue weighted by molar-refractivity contribution is 7.98. The Balaban J connectivity index is 2.41. The van der Waals surface area contributed by atoms with Crippen molar-refractivity contribution in [2.45, 2.75) is 12.1 Å². The molecule has 2 rings (SSSR count). The molecular weight excluding hydrogens is 264 g/mol. The second-order valence-corrected chi connectivity index (χ2v) is 4.44. The molecule has 0 fully saturated rings. The summed E-state index contributed by atoms with van der Waals surface area (Å²) in [4.78, 5) is 19.7. The fraction of sp³-hybridized carbons (Fsp3) is 0.273. The Bertz CT molecular complexity index is 597. The summed E-state index contributed by atoms with van der Waals surface area (Å²) >= 11 is 1.44. The van der Waals surface area contributed by atoms with E-state index in [1.807, 2.05) is 13.2 Å². The van der Waals surface area contributed by atoms with Crippen LogP contribution in [0.25, 0.3) is 5.82 Å². The van der Waals surface area contributed by atoms with E-state index in [1.54, 1.807) is 12.3 Å². The molecule has 1 amide bonds. The van der Waals surface area contributed by atoms with Crippen LogP contribution in [0, 0.1) is 0 Å². The average molecular weight is 278 g/mol. The largest absolute Gasteiger partial charge is 0.370 e. The monoisotopic (exact) mass is 278 g/mol. The standard InChI is InChI=1S/C11H14N6OS/c1-3-13-8-4-9(16-11(15-8)19-2)17-6-7(5-14-17)10(12)18/h4-6H,3H2,1-2H3,(H2,12,18)(H,13,15,16). The summed E-state index contributed by atoms with van der Waals surface area (Å²) in [6.45, 7) is 2.75. The molecule has 2 heterocycles. The Hall–Kier alpha value is -2.09. The van der Waals surface area contributed by atoms with Crippen LogP contribution in [0.2, 0.25) is 0 Å². The molecule has 2 aromatic rings. The van der Waals surface area contributed by atoms with E-state index >= 15 is 0 Å². The maximum Gasteiger partial charge on any atom is 0.251 e. The van der Waals surface area contributed by atoms with Gasteiger partial charge in [-0.05, 0) is 13.2 Å². The van der Waals surface area contributed by atoms with Gasteiger partial charge in [0.05, 0.1) is 11.8 Å². The van der Waals surface area contributed by atoms with Crippen molar-refractivity contribution in [1.29, 1.82) is 0 Å². The molecular formula is C11H14N6OS. The van der Waals surface area contributed by atoms with Crippen LogP contribution in [0.1, 0.15) is 17.3 Å². The number of hydrogen-bond donors (Lipinski definition) is 2. The lowest BCUT2D eigenvalue weighted by Crippen LogP contribution is -2.10. The highest BCUT2D eigenvalue weighted by Crippen LogP contribution is 2.16. The minimum absolute atomic E-state index is 0.342. The van der Waals surface area contributed by atoms with Gasteiger partial charge in [0.2, 0.25) is 0 Å². The summed E-state index contributed by atoms with van der Waals surface area (Å²) < 4.78 is 1.50. The third kappa shape index (κ3) is 3.02. The summed E-state index contributed by atoms with van der Waals surface area (Å²) in [7, 11) is 0. The molecule has 0 aliphatic heterocycles. The zero-order chi connectivity index (χ0) is 13.8. The van der Waals surface area contributed by atoms with Gasteiger partial charge in [0.1, 0.15) is 5.82 Å². The van der Waals surface area contributed by atoms with Crippen molar-refractivity contribution >= 4 is 23.5 Å². The van der Waals surface area contributed by atoms with Crippen LogP contribution < -0.4 is 11.1 Å². The Morgan fingerprint density at radius 2 is 2.32 bits per heavy atom. The first-order chi connectivity index (χ1) is 9.13. The number of carbonyl (C=O) groups excluding carboxylic acids is 1. The van der Waals surface area contributed by atoms with E-state index in [1.165, 1.54) is 22.6 Å². The Morgan fingerprint density at radius 1 is 1.53 bits per heavy atom. The summed E-state index contributed by atoms with van der Waals surface area (Å²) in [5.41, 5.74) is 5.54. The molecule has 0 saturated carbocycles. The van der Waals surface area contributed by atoms with Gasteiger partial charge in [-0.15, -0.1) is 0 Å². The van der Waals surface area contributed by atoms with Crippen molar-refractivity contribution in [2.24, 2.45) is 5.73 Å². The molecule has 100 valence electrons. The summed E-state index contributed by atoms with van der Waals surface area (Å²) in [5, 5.41) is 7.83. The van der Waals surface area contributed by atoms with Crippen LogP contribution in [0.15, 0.2) is 23.6 Å². The lowest BCUT2D eigenvalue weighted by Gasteiger charge is -2.07. The minimum Gasteiger partial charge on any atom is -0.370 e. The Morgan fingerprint density at radius 3 is 2.89 bits per heavy atom. The molecule has 8 heteroatoms. The van der Waals surface area contributed by atoms with Crippen LogP contribution in [-0.4, -0.2) is 38.5 Å². The molecule has 0 radical (unpaired) electrons. The number of hydrogen-bond acceptors (Lipinski definition) is 6. The van der Waals surface area contributed by atoms with Gasteiger partial charge >= 0.3 is 0 Å². The highest BCUT2D eigenvalue weighted by Gasteiger charge is 2.09. The third-order valence-electron chi connectivity index (χ3n) is 2.33. The van der Waals surface area contributed by atoms with E-state index in [4.69, 9.17) is 5.73 Å². The average Bonchev–Trinajstić information content (AvgIpc) is 2.88. The molecule has 19 heavy (non-hydrogen) atoms. The van der Waals surface area contributed by atoms with Crippen LogP contribution in [-0.2, 0) is 0 Å². The fourth-order valence-corrected chi connectivity index (χ4v) is 1.84. The van der Waals surface area contributed by atoms with Crippen molar-refractivity contribution in [2.75, 3.05) is 18.1 Å². The Kier molecular flexibility index (Phi) is 4.00. The number of rotatable bonds is 5. The molecule has 0 saturated heterocycles. The van der Waals surface area contributed by atoms with Crippen LogP contribution >= 0.6 is 11.8 Å². The first kappa shape index (κ1) is 13.3. The number of thioether (sulfide) groups is 1. The molecule has 0 aromatic carbocycles.